The number of nitrogens with zero attached hydrogens (tertiary/aromatic N) is 1. The largest absolute Gasteiger partial charge is 0.383 e. The number of aliphatic imine (C=N–C) groups is 1. The van der Waals surface area contributed by atoms with Crippen LogP contribution in [0.3, 0.4) is 0 Å². The minimum Gasteiger partial charge on any atom is -0.383 e. The molecule has 0 radical (unpaired) electrons. The van der Waals surface area contributed by atoms with Crippen molar-refractivity contribution in [2.24, 2.45) is 10.7 Å². The van der Waals surface area contributed by atoms with Crippen LogP contribution in [0.15, 0.2) is 29.3 Å². The Morgan fingerprint density at radius 3 is 3.12 bits per heavy atom. The number of methoxy groups -OCH3 is 1. The first-order chi connectivity index (χ1) is 8.31. The van der Waals surface area contributed by atoms with Gasteiger partial charge in [0.15, 0.2) is 5.96 Å². The lowest BCUT2D eigenvalue weighted by atomic mass is 9.78. The first-order valence-electron chi connectivity index (χ1n) is 5.92. The molecule has 0 aliphatic heterocycles. The van der Waals surface area contributed by atoms with Gasteiger partial charge in [-0.05, 0) is 17.5 Å². The Kier molecular flexibility index (Phi) is 3.98. The highest BCUT2D eigenvalue weighted by molar-refractivity contribution is 5.77. The quantitative estimate of drug-likeness (QED) is 0.451. The van der Waals surface area contributed by atoms with Crippen LogP contribution in [0.4, 0.5) is 0 Å². The van der Waals surface area contributed by atoms with Crippen molar-refractivity contribution in [3.8, 4) is 0 Å². The zero-order valence-electron chi connectivity index (χ0n) is 10.1. The fourth-order valence-corrected chi connectivity index (χ4v) is 2.07. The molecule has 1 aliphatic carbocycles. The minimum atomic E-state index is 0.506. The summed E-state index contributed by atoms with van der Waals surface area (Å²) in [5.74, 6) is 1.04. The molecule has 0 heterocycles. The van der Waals surface area contributed by atoms with Crippen LogP contribution in [0.5, 0.6) is 0 Å². The third kappa shape index (κ3) is 2.97. The van der Waals surface area contributed by atoms with Gasteiger partial charge in [0.1, 0.15) is 0 Å². The van der Waals surface area contributed by atoms with E-state index in [1.807, 2.05) is 0 Å². The second-order valence-corrected chi connectivity index (χ2v) is 4.25. The Morgan fingerprint density at radius 1 is 1.53 bits per heavy atom. The number of fused-ring (bicyclic) bond motifs is 1. The number of hydrogen-bond donors (Lipinski definition) is 2. The molecule has 0 amide bonds. The topological polar surface area (TPSA) is 59.6 Å². The molecule has 4 heteroatoms. The average Bonchev–Trinajstić information content (AvgIpc) is 2.31. The van der Waals surface area contributed by atoms with E-state index >= 15 is 0 Å². The van der Waals surface area contributed by atoms with Crippen molar-refractivity contribution >= 4 is 5.96 Å². The van der Waals surface area contributed by atoms with E-state index in [0.29, 0.717) is 25.0 Å². The summed E-state index contributed by atoms with van der Waals surface area (Å²) in [6, 6.07) is 8.51. The molecule has 92 valence electrons. The van der Waals surface area contributed by atoms with E-state index in [2.05, 4.69) is 34.6 Å². The lowest BCUT2D eigenvalue weighted by molar-refractivity contribution is 0.204. The fraction of sp³-hybridized carbons (Fsp3) is 0.462. The molecule has 0 bridgehead atoms. The summed E-state index contributed by atoms with van der Waals surface area (Å²) in [4.78, 5) is 4.34. The van der Waals surface area contributed by atoms with Crippen LogP contribution in [0.2, 0.25) is 0 Å². The number of hydrogen-bond acceptors (Lipinski definition) is 2. The number of guanidine groups is 1. The molecule has 0 saturated carbocycles. The maximum absolute atomic E-state index is 5.74. The molecule has 3 N–H and O–H groups in total. The van der Waals surface area contributed by atoms with Gasteiger partial charge >= 0.3 is 0 Å². The third-order valence-electron chi connectivity index (χ3n) is 3.06. The van der Waals surface area contributed by atoms with E-state index in [9.17, 15) is 0 Å². The summed E-state index contributed by atoms with van der Waals surface area (Å²) in [5, 5.41) is 3.01. The predicted molar refractivity (Wildman–Crippen MR) is 69.3 cm³/mol. The van der Waals surface area contributed by atoms with Gasteiger partial charge in [0.2, 0.25) is 0 Å². The van der Waals surface area contributed by atoms with Crippen LogP contribution in [-0.2, 0) is 11.2 Å². The van der Waals surface area contributed by atoms with Crippen molar-refractivity contribution in [1.82, 2.24) is 5.32 Å². The lowest BCUT2D eigenvalue weighted by Crippen LogP contribution is -2.35. The van der Waals surface area contributed by atoms with E-state index in [-0.39, 0.29) is 0 Å². The van der Waals surface area contributed by atoms with Gasteiger partial charge in [-0.3, -0.25) is 4.99 Å². The molecule has 1 atom stereocenters. The van der Waals surface area contributed by atoms with Gasteiger partial charge in [-0.1, -0.05) is 24.3 Å². The summed E-state index contributed by atoms with van der Waals surface area (Å²) in [6.07, 6.45) is 1.12. The molecule has 0 aromatic heterocycles. The van der Waals surface area contributed by atoms with Crippen molar-refractivity contribution in [2.75, 3.05) is 26.8 Å². The number of nitrogens with one attached hydrogen (secondary N) is 1. The maximum Gasteiger partial charge on any atom is 0.188 e. The summed E-state index contributed by atoms with van der Waals surface area (Å²) in [5.41, 5.74) is 8.61. The van der Waals surface area contributed by atoms with Gasteiger partial charge in [0, 0.05) is 26.1 Å². The van der Waals surface area contributed by atoms with Gasteiger partial charge < -0.3 is 15.8 Å². The van der Waals surface area contributed by atoms with Gasteiger partial charge in [0.05, 0.1) is 6.61 Å². The van der Waals surface area contributed by atoms with Crippen LogP contribution >= 0.6 is 0 Å². The zero-order chi connectivity index (χ0) is 12.1. The van der Waals surface area contributed by atoms with Crippen LogP contribution in [-0.4, -0.2) is 32.8 Å². The third-order valence-corrected chi connectivity index (χ3v) is 3.06. The molecule has 17 heavy (non-hydrogen) atoms. The van der Waals surface area contributed by atoms with Crippen molar-refractivity contribution < 1.29 is 4.74 Å². The molecule has 0 spiro atoms. The van der Waals surface area contributed by atoms with E-state index in [1.165, 1.54) is 11.1 Å². The van der Waals surface area contributed by atoms with E-state index in [4.69, 9.17) is 10.5 Å². The Morgan fingerprint density at radius 2 is 2.35 bits per heavy atom. The molecule has 1 aliphatic rings. The fourth-order valence-electron chi connectivity index (χ4n) is 2.07. The molecule has 1 aromatic rings. The van der Waals surface area contributed by atoms with Crippen LogP contribution in [0.1, 0.15) is 17.0 Å². The molecular formula is C13H19N3O. The first-order valence-corrected chi connectivity index (χ1v) is 5.92. The summed E-state index contributed by atoms with van der Waals surface area (Å²) >= 11 is 0. The minimum absolute atomic E-state index is 0.506. The number of ether oxygens (including phenoxy) is 1. The predicted octanol–water partition coefficient (Wildman–Crippen LogP) is 0.877. The summed E-state index contributed by atoms with van der Waals surface area (Å²) in [7, 11) is 1.67. The Hall–Kier alpha value is -1.55. The van der Waals surface area contributed by atoms with Crippen molar-refractivity contribution in [3.63, 3.8) is 0 Å². The molecule has 4 nitrogen and oxygen atoms in total. The van der Waals surface area contributed by atoms with Gasteiger partial charge in [0.25, 0.3) is 0 Å². The highest BCUT2D eigenvalue weighted by Gasteiger charge is 2.24. The number of benzene rings is 1. The molecule has 2 rings (SSSR count). The number of rotatable bonds is 5. The standard InChI is InChI=1S/C13H19N3O/c1-17-7-6-15-13(14)16-9-11-8-10-4-2-3-5-12(10)11/h2-5,11H,6-9H2,1H3,(H3,14,15,16)/t11-/m1/s1. The first kappa shape index (κ1) is 11.9. The normalized spacial score (nSPS) is 18.4. The summed E-state index contributed by atoms with van der Waals surface area (Å²) in [6.45, 7) is 2.11. The van der Waals surface area contributed by atoms with E-state index in [1.54, 1.807) is 7.11 Å². The Bertz CT molecular complexity index is 403. The second kappa shape index (κ2) is 5.68. The van der Waals surface area contributed by atoms with Crippen LogP contribution < -0.4 is 11.1 Å². The van der Waals surface area contributed by atoms with Gasteiger partial charge in [-0.15, -0.1) is 0 Å². The summed E-state index contributed by atoms with van der Waals surface area (Å²) < 4.78 is 4.92. The SMILES string of the molecule is COCCNC(N)=NC[C@H]1Cc2ccccc21. The number of nitrogens with two attached hydrogens (primary N) is 1. The lowest BCUT2D eigenvalue weighted by Gasteiger charge is -2.28. The molecule has 1 aromatic carbocycles. The molecule has 0 fully saturated rings. The smallest absolute Gasteiger partial charge is 0.188 e. The van der Waals surface area contributed by atoms with Gasteiger partial charge in [-0.2, -0.15) is 0 Å². The molecular weight excluding hydrogens is 214 g/mol. The van der Waals surface area contributed by atoms with Crippen LogP contribution in [0, 0.1) is 0 Å². The van der Waals surface area contributed by atoms with Crippen molar-refractivity contribution in [1.29, 1.82) is 0 Å². The zero-order valence-corrected chi connectivity index (χ0v) is 10.1. The Balaban J connectivity index is 1.78. The van der Waals surface area contributed by atoms with E-state index in [0.717, 1.165) is 13.0 Å². The monoisotopic (exact) mass is 233 g/mol. The van der Waals surface area contributed by atoms with Crippen LogP contribution in [0.25, 0.3) is 0 Å². The van der Waals surface area contributed by atoms with Crippen molar-refractivity contribution in [2.45, 2.75) is 12.3 Å². The Labute approximate surface area is 102 Å². The maximum atomic E-state index is 5.74. The van der Waals surface area contributed by atoms with Crippen molar-refractivity contribution in [3.05, 3.63) is 35.4 Å². The highest BCUT2D eigenvalue weighted by atomic mass is 16.5. The molecule has 0 unspecified atom stereocenters. The second-order valence-electron chi connectivity index (χ2n) is 4.25. The average molecular weight is 233 g/mol. The van der Waals surface area contributed by atoms with Gasteiger partial charge in [-0.25, -0.2) is 0 Å². The highest BCUT2D eigenvalue weighted by Crippen LogP contribution is 2.34. The molecule has 0 saturated heterocycles. The van der Waals surface area contributed by atoms with E-state index < -0.39 is 0 Å².